The van der Waals surface area contributed by atoms with Crippen LogP contribution >= 0.6 is 0 Å². The summed E-state index contributed by atoms with van der Waals surface area (Å²) in [5.74, 6) is 0. The van der Waals surface area contributed by atoms with E-state index in [1.54, 1.807) is 13.2 Å². The monoisotopic (exact) mass is 237 g/mol. The summed E-state index contributed by atoms with van der Waals surface area (Å²) in [7, 11) is 3.18. The molecule has 1 saturated carbocycles. The third kappa shape index (κ3) is 2.20. The zero-order chi connectivity index (χ0) is 12.6. The quantitative estimate of drug-likeness (QED) is 0.812. The first-order valence-electron chi connectivity index (χ1n) is 5.93. The molecule has 2 rings (SSSR count). The van der Waals surface area contributed by atoms with E-state index in [0.29, 0.717) is 12.1 Å². The molecule has 1 N–H and O–H groups in total. The minimum Gasteiger partial charge on any atom is -0.307 e. The molecule has 1 aromatic rings. The Kier molecular flexibility index (Phi) is 2.95. The summed E-state index contributed by atoms with van der Waals surface area (Å²) in [4.78, 5) is 23.4. The molecular weight excluding hydrogens is 218 g/mol. The lowest BCUT2D eigenvalue weighted by molar-refractivity contribution is 0.206. The second-order valence-corrected chi connectivity index (χ2v) is 5.18. The maximum absolute atomic E-state index is 11.9. The van der Waals surface area contributed by atoms with Gasteiger partial charge in [0.1, 0.15) is 0 Å². The van der Waals surface area contributed by atoms with E-state index >= 15 is 0 Å². The predicted molar refractivity (Wildman–Crippen MR) is 66.0 cm³/mol. The molecule has 1 aliphatic carbocycles. The Labute approximate surface area is 100 Å². The van der Waals surface area contributed by atoms with Gasteiger partial charge in [-0.25, -0.2) is 4.79 Å². The van der Waals surface area contributed by atoms with E-state index in [9.17, 15) is 9.59 Å². The van der Waals surface area contributed by atoms with Crippen molar-refractivity contribution in [1.29, 1.82) is 0 Å². The number of aromatic nitrogens is 2. The molecule has 5 nitrogen and oxygen atoms in total. The summed E-state index contributed by atoms with van der Waals surface area (Å²) in [5.41, 5.74) is 0.319. The van der Waals surface area contributed by atoms with Crippen molar-refractivity contribution in [3.63, 3.8) is 0 Å². The SMILES string of the molecule is Cn1cc(CNC2(C)CCC2)c(=O)n(C)c1=O. The van der Waals surface area contributed by atoms with E-state index in [1.165, 1.54) is 18.0 Å². The number of hydrogen-bond acceptors (Lipinski definition) is 3. The lowest BCUT2D eigenvalue weighted by atomic mass is 9.78. The molecule has 0 amide bonds. The Morgan fingerprint density at radius 3 is 2.53 bits per heavy atom. The van der Waals surface area contributed by atoms with Gasteiger partial charge in [0.2, 0.25) is 0 Å². The molecule has 0 aromatic carbocycles. The van der Waals surface area contributed by atoms with E-state index in [4.69, 9.17) is 0 Å². The molecule has 94 valence electrons. The molecular formula is C12H19N3O2. The van der Waals surface area contributed by atoms with Crippen LogP contribution in [-0.2, 0) is 20.6 Å². The zero-order valence-electron chi connectivity index (χ0n) is 10.6. The van der Waals surface area contributed by atoms with E-state index in [2.05, 4.69) is 12.2 Å². The number of aryl methyl sites for hydroxylation is 1. The van der Waals surface area contributed by atoms with Crippen LogP contribution in [0.4, 0.5) is 0 Å². The molecule has 1 aliphatic rings. The molecule has 1 aromatic heterocycles. The van der Waals surface area contributed by atoms with Crippen molar-refractivity contribution < 1.29 is 0 Å². The average molecular weight is 237 g/mol. The van der Waals surface area contributed by atoms with Crippen LogP contribution in [0.1, 0.15) is 31.7 Å². The molecule has 0 radical (unpaired) electrons. The van der Waals surface area contributed by atoms with Gasteiger partial charge in [0.25, 0.3) is 5.56 Å². The fraction of sp³-hybridized carbons (Fsp3) is 0.667. The molecule has 1 fully saturated rings. The molecule has 0 unspecified atom stereocenters. The highest BCUT2D eigenvalue weighted by atomic mass is 16.2. The minimum absolute atomic E-state index is 0.166. The minimum atomic E-state index is -0.284. The van der Waals surface area contributed by atoms with Crippen molar-refractivity contribution in [3.05, 3.63) is 32.6 Å². The topological polar surface area (TPSA) is 56.0 Å². The summed E-state index contributed by atoms with van der Waals surface area (Å²) in [6, 6.07) is 0. The van der Waals surface area contributed by atoms with Gasteiger partial charge >= 0.3 is 5.69 Å². The zero-order valence-corrected chi connectivity index (χ0v) is 10.6. The van der Waals surface area contributed by atoms with Gasteiger partial charge in [-0.05, 0) is 26.2 Å². The molecule has 0 atom stereocenters. The normalized spacial score (nSPS) is 17.8. The highest BCUT2D eigenvalue weighted by molar-refractivity contribution is 5.07. The second-order valence-electron chi connectivity index (χ2n) is 5.18. The Bertz CT molecular complexity index is 538. The van der Waals surface area contributed by atoms with Crippen molar-refractivity contribution in [1.82, 2.24) is 14.5 Å². The van der Waals surface area contributed by atoms with Crippen LogP contribution in [-0.4, -0.2) is 14.7 Å². The van der Waals surface area contributed by atoms with Gasteiger partial charge in [-0.1, -0.05) is 0 Å². The van der Waals surface area contributed by atoms with Crippen molar-refractivity contribution in [3.8, 4) is 0 Å². The van der Waals surface area contributed by atoms with E-state index in [-0.39, 0.29) is 16.8 Å². The fourth-order valence-electron chi connectivity index (χ4n) is 2.20. The van der Waals surface area contributed by atoms with Gasteiger partial charge in [0.15, 0.2) is 0 Å². The van der Waals surface area contributed by atoms with E-state index in [1.807, 2.05) is 0 Å². The van der Waals surface area contributed by atoms with E-state index < -0.39 is 0 Å². The summed E-state index contributed by atoms with van der Waals surface area (Å²) in [5, 5.41) is 3.40. The predicted octanol–water partition coefficient (Wildman–Crippen LogP) is 0.116. The number of nitrogens with one attached hydrogen (secondary N) is 1. The molecule has 0 aliphatic heterocycles. The summed E-state index contributed by atoms with van der Waals surface area (Å²) in [6.07, 6.45) is 5.17. The first-order chi connectivity index (χ1) is 7.93. The Morgan fingerprint density at radius 2 is 2.00 bits per heavy atom. The largest absolute Gasteiger partial charge is 0.330 e. The van der Waals surface area contributed by atoms with Gasteiger partial charge in [-0.3, -0.25) is 9.36 Å². The molecule has 17 heavy (non-hydrogen) atoms. The third-order valence-corrected chi connectivity index (χ3v) is 3.68. The summed E-state index contributed by atoms with van der Waals surface area (Å²) in [6.45, 7) is 2.69. The maximum Gasteiger partial charge on any atom is 0.330 e. The average Bonchev–Trinajstić information content (AvgIpc) is 2.27. The third-order valence-electron chi connectivity index (χ3n) is 3.68. The van der Waals surface area contributed by atoms with Crippen LogP contribution in [0.5, 0.6) is 0 Å². The van der Waals surface area contributed by atoms with Gasteiger partial charge in [-0.2, -0.15) is 0 Å². The smallest absolute Gasteiger partial charge is 0.307 e. The van der Waals surface area contributed by atoms with Crippen LogP contribution in [0.15, 0.2) is 15.8 Å². The standard InChI is InChI=1S/C12H19N3O2/c1-12(5-4-6-12)13-7-9-8-14(2)11(17)15(3)10(9)16/h8,13H,4-7H2,1-3H3. The molecule has 0 bridgehead atoms. The highest BCUT2D eigenvalue weighted by Crippen LogP contribution is 2.30. The van der Waals surface area contributed by atoms with Crippen molar-refractivity contribution in [2.75, 3.05) is 0 Å². The number of rotatable bonds is 3. The lowest BCUT2D eigenvalue weighted by Crippen LogP contribution is -2.49. The molecule has 0 saturated heterocycles. The van der Waals surface area contributed by atoms with E-state index in [0.717, 1.165) is 17.4 Å². The van der Waals surface area contributed by atoms with Gasteiger partial charge in [0, 0.05) is 37.9 Å². The van der Waals surface area contributed by atoms with Crippen molar-refractivity contribution in [2.24, 2.45) is 14.1 Å². The second kappa shape index (κ2) is 4.14. The van der Waals surface area contributed by atoms with Gasteiger partial charge < -0.3 is 9.88 Å². The number of nitrogens with zero attached hydrogens (tertiary/aromatic N) is 2. The van der Waals surface area contributed by atoms with Crippen LogP contribution in [0, 0.1) is 0 Å². The Morgan fingerprint density at radius 1 is 1.35 bits per heavy atom. The van der Waals surface area contributed by atoms with Crippen LogP contribution in [0.25, 0.3) is 0 Å². The molecule has 1 heterocycles. The van der Waals surface area contributed by atoms with Gasteiger partial charge in [-0.15, -0.1) is 0 Å². The maximum atomic E-state index is 11.9. The number of hydrogen-bond donors (Lipinski definition) is 1. The van der Waals surface area contributed by atoms with Crippen molar-refractivity contribution in [2.45, 2.75) is 38.3 Å². The molecule has 0 spiro atoms. The Hall–Kier alpha value is -1.36. The fourth-order valence-corrected chi connectivity index (χ4v) is 2.20. The Balaban J connectivity index is 2.22. The van der Waals surface area contributed by atoms with Crippen LogP contribution < -0.4 is 16.6 Å². The van der Waals surface area contributed by atoms with Crippen LogP contribution in [0.3, 0.4) is 0 Å². The molecule has 5 heteroatoms. The lowest BCUT2D eigenvalue weighted by Gasteiger charge is -2.39. The van der Waals surface area contributed by atoms with Crippen molar-refractivity contribution >= 4 is 0 Å². The highest BCUT2D eigenvalue weighted by Gasteiger charge is 2.30. The first kappa shape index (κ1) is 12.1. The summed E-state index contributed by atoms with van der Waals surface area (Å²) < 4.78 is 2.60. The van der Waals surface area contributed by atoms with Gasteiger partial charge in [0.05, 0.1) is 0 Å². The van der Waals surface area contributed by atoms with Crippen LogP contribution in [0.2, 0.25) is 0 Å². The summed E-state index contributed by atoms with van der Waals surface area (Å²) >= 11 is 0. The first-order valence-corrected chi connectivity index (χ1v) is 5.93.